The highest BCUT2D eigenvalue weighted by Crippen LogP contribution is 2.27. The molecular weight excluding hydrogens is 182 g/mol. The summed E-state index contributed by atoms with van der Waals surface area (Å²) in [5.74, 6) is 0. The molecule has 0 aliphatic heterocycles. The Morgan fingerprint density at radius 3 is 2.92 bits per heavy atom. The summed E-state index contributed by atoms with van der Waals surface area (Å²) in [6.45, 7) is 0. The molecule has 1 aromatic carbocycles. The minimum atomic E-state index is 0.0312. The van der Waals surface area contributed by atoms with Crippen molar-refractivity contribution in [2.24, 2.45) is 0 Å². The molecule has 13 heavy (non-hydrogen) atoms. The lowest BCUT2D eigenvalue weighted by Crippen LogP contribution is -2.09. The zero-order valence-electron chi connectivity index (χ0n) is 7.32. The maximum atomic E-state index is 5.38. The minimum absolute atomic E-state index is 0.0312. The molecule has 68 valence electrons. The van der Waals surface area contributed by atoms with Crippen molar-refractivity contribution in [2.45, 2.75) is 5.37 Å². The number of thiol groups is 1. The Hall–Kier alpha value is -0.930. The van der Waals surface area contributed by atoms with Crippen LogP contribution in [0.15, 0.2) is 34.9 Å². The summed E-state index contributed by atoms with van der Waals surface area (Å²) in [5.41, 5.74) is 1.99. The Bertz CT molecular complexity index is 410. The van der Waals surface area contributed by atoms with Gasteiger partial charge in [-0.15, -0.1) is 0 Å². The zero-order valence-corrected chi connectivity index (χ0v) is 8.21. The van der Waals surface area contributed by atoms with Gasteiger partial charge in [0, 0.05) is 10.9 Å². The monoisotopic (exact) mass is 193 g/mol. The van der Waals surface area contributed by atoms with Gasteiger partial charge in [-0.1, -0.05) is 18.2 Å². The molecule has 1 unspecified atom stereocenters. The van der Waals surface area contributed by atoms with E-state index in [9.17, 15) is 0 Å². The van der Waals surface area contributed by atoms with E-state index in [2.05, 4.69) is 17.9 Å². The van der Waals surface area contributed by atoms with Crippen LogP contribution in [-0.2, 0) is 0 Å². The molecule has 1 N–H and O–H groups in total. The lowest BCUT2D eigenvalue weighted by molar-refractivity contribution is 0.606. The van der Waals surface area contributed by atoms with Crippen LogP contribution in [0.2, 0.25) is 0 Å². The van der Waals surface area contributed by atoms with E-state index in [0.717, 1.165) is 16.5 Å². The van der Waals surface area contributed by atoms with E-state index in [-0.39, 0.29) is 5.37 Å². The van der Waals surface area contributed by atoms with E-state index in [1.807, 2.05) is 31.3 Å². The molecule has 2 rings (SSSR count). The number of furan rings is 1. The van der Waals surface area contributed by atoms with Crippen molar-refractivity contribution in [1.29, 1.82) is 0 Å². The van der Waals surface area contributed by atoms with E-state index >= 15 is 0 Å². The number of nitrogens with one attached hydrogen (secondary N) is 1. The van der Waals surface area contributed by atoms with Gasteiger partial charge in [-0.2, -0.15) is 12.6 Å². The number of rotatable bonds is 2. The summed E-state index contributed by atoms with van der Waals surface area (Å²) in [6, 6.07) is 7.95. The number of hydrogen-bond donors (Lipinski definition) is 2. The van der Waals surface area contributed by atoms with Crippen molar-refractivity contribution in [2.75, 3.05) is 7.05 Å². The molecule has 0 amide bonds. The second-order valence-corrected chi connectivity index (χ2v) is 3.39. The molecule has 1 aromatic heterocycles. The van der Waals surface area contributed by atoms with Crippen LogP contribution < -0.4 is 5.32 Å². The van der Waals surface area contributed by atoms with Crippen LogP contribution in [0, 0.1) is 0 Å². The van der Waals surface area contributed by atoms with Gasteiger partial charge >= 0.3 is 0 Å². The highest BCUT2D eigenvalue weighted by Gasteiger charge is 2.10. The first-order valence-corrected chi connectivity index (χ1v) is 4.66. The van der Waals surface area contributed by atoms with E-state index in [0.29, 0.717) is 0 Å². The molecule has 0 fully saturated rings. The summed E-state index contributed by atoms with van der Waals surface area (Å²) < 4.78 is 5.38. The fourth-order valence-electron chi connectivity index (χ4n) is 1.37. The normalized spacial score (nSPS) is 13.4. The van der Waals surface area contributed by atoms with E-state index in [1.165, 1.54) is 0 Å². The molecule has 0 bridgehead atoms. The molecule has 2 aromatic rings. The minimum Gasteiger partial charge on any atom is -0.464 e. The quantitative estimate of drug-likeness (QED) is 0.566. The van der Waals surface area contributed by atoms with Crippen molar-refractivity contribution in [3.05, 3.63) is 36.1 Å². The van der Waals surface area contributed by atoms with Crippen LogP contribution in [0.3, 0.4) is 0 Å². The number of fused-ring (bicyclic) bond motifs is 1. The predicted octanol–water partition coefficient (Wildman–Crippen LogP) is 2.58. The molecule has 0 saturated carbocycles. The predicted molar refractivity (Wildman–Crippen MR) is 57.0 cm³/mol. The Labute approximate surface area is 82.3 Å². The Kier molecular flexibility index (Phi) is 2.29. The van der Waals surface area contributed by atoms with Gasteiger partial charge < -0.3 is 9.73 Å². The van der Waals surface area contributed by atoms with Crippen molar-refractivity contribution >= 4 is 23.6 Å². The summed E-state index contributed by atoms with van der Waals surface area (Å²) >= 11 is 4.39. The molecule has 0 spiro atoms. The van der Waals surface area contributed by atoms with Crippen LogP contribution in [0.5, 0.6) is 0 Å². The molecule has 1 atom stereocenters. The maximum absolute atomic E-state index is 5.38. The first kappa shape index (κ1) is 8.66. The first-order valence-electron chi connectivity index (χ1n) is 4.14. The smallest absolute Gasteiger partial charge is 0.134 e. The second kappa shape index (κ2) is 3.44. The number of para-hydroxylation sites is 1. The molecule has 0 aliphatic carbocycles. The van der Waals surface area contributed by atoms with Crippen molar-refractivity contribution < 1.29 is 4.42 Å². The molecule has 0 radical (unpaired) electrons. The first-order chi connectivity index (χ1) is 6.33. The van der Waals surface area contributed by atoms with E-state index in [1.54, 1.807) is 6.26 Å². The SMILES string of the molecule is CNC(S)c1coc2ccccc12. The van der Waals surface area contributed by atoms with Crippen LogP contribution in [0.1, 0.15) is 10.9 Å². The molecule has 2 nitrogen and oxygen atoms in total. The topological polar surface area (TPSA) is 25.2 Å². The van der Waals surface area contributed by atoms with Crippen LogP contribution in [-0.4, -0.2) is 7.05 Å². The Morgan fingerprint density at radius 1 is 1.38 bits per heavy atom. The lowest BCUT2D eigenvalue weighted by atomic mass is 10.2. The third kappa shape index (κ3) is 1.45. The summed E-state index contributed by atoms with van der Waals surface area (Å²) in [4.78, 5) is 0. The number of hydrogen-bond acceptors (Lipinski definition) is 3. The average Bonchev–Trinajstić information content (AvgIpc) is 2.60. The van der Waals surface area contributed by atoms with Gasteiger partial charge in [0.15, 0.2) is 0 Å². The van der Waals surface area contributed by atoms with Crippen molar-refractivity contribution in [3.63, 3.8) is 0 Å². The highest BCUT2D eigenvalue weighted by molar-refractivity contribution is 7.80. The van der Waals surface area contributed by atoms with Gasteiger partial charge in [0.05, 0.1) is 11.6 Å². The molecule has 1 heterocycles. The van der Waals surface area contributed by atoms with Gasteiger partial charge in [0.1, 0.15) is 5.58 Å². The molecule has 0 saturated heterocycles. The average molecular weight is 193 g/mol. The lowest BCUT2D eigenvalue weighted by Gasteiger charge is -2.05. The summed E-state index contributed by atoms with van der Waals surface area (Å²) in [6.07, 6.45) is 1.75. The van der Waals surface area contributed by atoms with Gasteiger partial charge in [0.2, 0.25) is 0 Å². The Morgan fingerprint density at radius 2 is 2.15 bits per heavy atom. The Balaban J connectivity index is 2.57. The van der Waals surface area contributed by atoms with Crippen molar-refractivity contribution in [1.82, 2.24) is 5.32 Å². The summed E-state index contributed by atoms with van der Waals surface area (Å²) in [5, 5.41) is 4.22. The fourth-order valence-corrected chi connectivity index (χ4v) is 1.57. The van der Waals surface area contributed by atoms with Crippen LogP contribution >= 0.6 is 12.6 Å². The largest absolute Gasteiger partial charge is 0.464 e. The van der Waals surface area contributed by atoms with Crippen molar-refractivity contribution in [3.8, 4) is 0 Å². The maximum Gasteiger partial charge on any atom is 0.134 e. The van der Waals surface area contributed by atoms with E-state index in [4.69, 9.17) is 4.42 Å². The van der Waals surface area contributed by atoms with Crippen LogP contribution in [0.25, 0.3) is 11.0 Å². The number of benzene rings is 1. The molecular formula is C10H11NOS. The van der Waals surface area contributed by atoms with Gasteiger partial charge in [-0.05, 0) is 13.1 Å². The zero-order chi connectivity index (χ0) is 9.26. The highest BCUT2D eigenvalue weighted by atomic mass is 32.1. The summed E-state index contributed by atoms with van der Waals surface area (Å²) in [7, 11) is 1.87. The third-order valence-electron chi connectivity index (χ3n) is 2.08. The van der Waals surface area contributed by atoms with Gasteiger partial charge in [-0.3, -0.25) is 0 Å². The fraction of sp³-hybridized carbons (Fsp3) is 0.200. The molecule has 3 heteroatoms. The van der Waals surface area contributed by atoms with Gasteiger partial charge in [0.25, 0.3) is 0 Å². The van der Waals surface area contributed by atoms with E-state index < -0.39 is 0 Å². The standard InChI is InChI=1S/C10H11NOS/c1-11-10(13)8-6-12-9-5-3-2-4-7(8)9/h2-6,10-11,13H,1H3. The molecule has 0 aliphatic rings. The second-order valence-electron chi connectivity index (χ2n) is 2.88. The third-order valence-corrected chi connectivity index (χ3v) is 2.62. The van der Waals surface area contributed by atoms with Crippen LogP contribution in [0.4, 0.5) is 0 Å². The van der Waals surface area contributed by atoms with Gasteiger partial charge in [-0.25, -0.2) is 0 Å².